The van der Waals surface area contributed by atoms with Gasteiger partial charge in [0.05, 0.1) is 77.8 Å². The Hall–Kier alpha value is -5.07. The lowest BCUT2D eigenvalue weighted by molar-refractivity contribution is -0.282. The maximum absolute atomic E-state index is 14.0. The summed E-state index contributed by atoms with van der Waals surface area (Å²) in [5.74, 6) is -3.06. The first-order valence-electron chi connectivity index (χ1n) is 41.5. The smallest absolute Gasteiger partial charge is 0.330 e. The van der Waals surface area contributed by atoms with Crippen LogP contribution in [0.5, 0.6) is 0 Å². The number of nitrogens with one attached hydrogen (secondary N) is 6. The van der Waals surface area contributed by atoms with Gasteiger partial charge in [0, 0.05) is 136 Å². The van der Waals surface area contributed by atoms with E-state index in [2.05, 4.69) is 31.9 Å². The number of carbonyl (C=O) groups is 10. The van der Waals surface area contributed by atoms with Gasteiger partial charge >= 0.3 is 7.60 Å². The number of Topliss-reactive ketones (excluding diaryl/α,β-unsaturated/α-hetero) is 4. The molecule has 0 aromatic heterocycles. The highest BCUT2D eigenvalue weighted by atomic mass is 31.2. The molecule has 3 aliphatic heterocycles. The molecule has 0 radical (unpaired) electrons. The Balaban J connectivity index is 1.58. The van der Waals surface area contributed by atoms with Crippen LogP contribution in [-0.2, 0) is 99.7 Å². The van der Waals surface area contributed by atoms with Crippen molar-refractivity contribution in [2.75, 3.05) is 106 Å². The topological polar surface area (TPSA) is 555 Å². The van der Waals surface area contributed by atoms with Crippen LogP contribution in [0.1, 0.15) is 227 Å². The summed E-state index contributed by atoms with van der Waals surface area (Å²) in [6.07, 6.45) is -3.62. The van der Waals surface area contributed by atoms with Gasteiger partial charge in [-0.15, -0.1) is 0 Å². The molecule has 0 bridgehead atoms. The second kappa shape index (κ2) is 60.4. The monoisotopic (exact) mass is 1690 g/mol. The molecule has 0 spiro atoms. The predicted octanol–water partition coefficient (Wildman–Crippen LogP) is 0.842. The molecule has 3 fully saturated rings. The van der Waals surface area contributed by atoms with Gasteiger partial charge in [-0.3, -0.25) is 52.5 Å². The molecule has 0 saturated carbocycles. The number of unbranched alkanes of at least 4 members (excludes halogenated alkanes) is 10. The van der Waals surface area contributed by atoms with Crippen LogP contribution in [0.15, 0.2) is 0 Å². The van der Waals surface area contributed by atoms with Crippen molar-refractivity contribution in [1.82, 2.24) is 31.9 Å². The quantitative estimate of drug-likeness (QED) is 0.0296. The molecule has 6 amide bonds. The van der Waals surface area contributed by atoms with Crippen LogP contribution in [0.2, 0.25) is 0 Å². The second-order valence-electron chi connectivity index (χ2n) is 30.6. The fraction of sp³-hybridized carbons (Fsp3) is 0.872. The summed E-state index contributed by atoms with van der Waals surface area (Å²) in [6.45, 7) is 6.01. The molecule has 3 rings (SSSR count). The summed E-state index contributed by atoms with van der Waals surface area (Å²) in [6, 6.07) is -2.18. The third kappa shape index (κ3) is 43.9. The highest BCUT2D eigenvalue weighted by Gasteiger charge is 2.47. The van der Waals surface area contributed by atoms with E-state index in [1.165, 1.54) is 13.8 Å². The summed E-state index contributed by atoms with van der Waals surface area (Å²) in [7, 11) is -3.66. The van der Waals surface area contributed by atoms with Crippen LogP contribution < -0.4 is 31.9 Å². The molecular formula is C78H139N6O31P. The Morgan fingerprint density at radius 1 is 0.379 bits per heavy atom. The largest absolute Gasteiger partial charge is 0.394 e. The van der Waals surface area contributed by atoms with Gasteiger partial charge in [0.1, 0.15) is 89.6 Å². The number of aliphatic hydroxyl groups is 9. The molecule has 3 aliphatic rings. The van der Waals surface area contributed by atoms with E-state index in [9.17, 15) is 103 Å². The molecule has 0 aromatic rings. The van der Waals surface area contributed by atoms with Crippen LogP contribution >= 0.6 is 7.60 Å². The summed E-state index contributed by atoms with van der Waals surface area (Å²) in [5.41, 5.74) is -1.97. The summed E-state index contributed by atoms with van der Waals surface area (Å²) >= 11 is 0. The van der Waals surface area contributed by atoms with Gasteiger partial charge in [-0.2, -0.15) is 0 Å². The first-order chi connectivity index (χ1) is 55.4. The number of ether oxygens (including phenoxy) is 9. The fourth-order valence-corrected chi connectivity index (χ4v) is 13.6. The molecule has 0 aliphatic carbocycles. The van der Waals surface area contributed by atoms with Gasteiger partial charge in [0.15, 0.2) is 18.9 Å². The molecule has 3 saturated heterocycles. The van der Waals surface area contributed by atoms with Crippen LogP contribution in [-0.4, -0.2) is 312 Å². The molecule has 3 heterocycles. The minimum Gasteiger partial charge on any atom is -0.394 e. The molecule has 672 valence electrons. The van der Waals surface area contributed by atoms with Crippen molar-refractivity contribution in [3.63, 3.8) is 0 Å². The number of ketones is 4. The maximum atomic E-state index is 14.0. The average molecular weight is 1690 g/mol. The van der Waals surface area contributed by atoms with Gasteiger partial charge in [0.25, 0.3) is 0 Å². The van der Waals surface area contributed by atoms with Crippen molar-refractivity contribution < 1.29 is 151 Å². The first kappa shape index (κ1) is 105. The molecular weight excluding hydrogens is 1550 g/mol. The zero-order valence-electron chi connectivity index (χ0n) is 68.8. The Labute approximate surface area is 681 Å². The average Bonchev–Trinajstić information content (AvgIpc) is 0.813. The Kier molecular flexibility index (Phi) is 54.8. The molecule has 116 heavy (non-hydrogen) atoms. The minimum atomic E-state index is -3.66. The highest BCUT2D eigenvalue weighted by molar-refractivity contribution is 7.53. The number of aliphatic hydroxyl groups excluding tert-OH is 9. The lowest BCUT2D eigenvalue weighted by Gasteiger charge is -2.42. The van der Waals surface area contributed by atoms with E-state index in [0.29, 0.717) is 122 Å². The number of rotatable bonds is 68. The fourth-order valence-electron chi connectivity index (χ4n) is 12.9. The molecule has 11 unspecified atom stereocenters. The van der Waals surface area contributed by atoms with Crippen molar-refractivity contribution in [3.05, 3.63) is 0 Å². The van der Waals surface area contributed by atoms with Crippen molar-refractivity contribution in [2.45, 2.75) is 324 Å². The Morgan fingerprint density at radius 2 is 0.707 bits per heavy atom. The standard InChI is InChI=1S/C78H139N6O31P/c1-52(2)116(104,105)112-42-18-7-6-17-36-79-64(95)31-22-32-66(97)84-78(49-106-43-33-58(92)26-12-8-10-24-56(90)28-14-19-39-109-75-53(3)69(98)70(99)60(46-85)113-75,50-107-44-34-59(93)27-13-9-11-25-57(91)29-15-20-40-110-76-67(82-54(4)88)73(102)71(100)61(47-86)114-76)51-108-45-35-65(96)81-38-23-37-80-63(94)30-16-21-41-111-77-68(83-55(5)89)74(103)72(101)62(48-87)115-77/h52-53,60-62,67-77,85-87,98-103H,6-51H2,1-5H3,(H,79,95)(H,80,94)(H,81,96)(H,82,88)(H,83,89)(H,84,97)(H,104,105)/t53?,60?,61?,62?,67?,68?,69-,70+,71+,72?,73-,74?,75-,76-,77?,78?/m1/s1. The van der Waals surface area contributed by atoms with E-state index < -0.39 is 148 Å². The van der Waals surface area contributed by atoms with Gasteiger partial charge in [-0.1, -0.05) is 46.5 Å². The van der Waals surface area contributed by atoms with Crippen molar-refractivity contribution in [3.8, 4) is 0 Å². The maximum Gasteiger partial charge on any atom is 0.330 e. The van der Waals surface area contributed by atoms with E-state index in [-0.39, 0.29) is 184 Å². The molecule has 17 atom stereocenters. The lowest BCUT2D eigenvalue weighted by Crippen LogP contribution is -2.64. The van der Waals surface area contributed by atoms with Crippen LogP contribution in [0.4, 0.5) is 0 Å². The summed E-state index contributed by atoms with van der Waals surface area (Å²) < 4.78 is 69.6. The zero-order valence-corrected chi connectivity index (χ0v) is 69.7. The van der Waals surface area contributed by atoms with Gasteiger partial charge < -0.3 is 130 Å². The van der Waals surface area contributed by atoms with Crippen molar-refractivity contribution in [1.29, 1.82) is 0 Å². The third-order valence-electron chi connectivity index (χ3n) is 20.0. The van der Waals surface area contributed by atoms with E-state index >= 15 is 0 Å². The van der Waals surface area contributed by atoms with Crippen LogP contribution in [0, 0.1) is 5.92 Å². The lowest BCUT2D eigenvalue weighted by atomic mass is 9.92. The van der Waals surface area contributed by atoms with Crippen LogP contribution in [0.3, 0.4) is 0 Å². The third-order valence-corrected chi connectivity index (χ3v) is 21.9. The number of carbonyl (C=O) groups excluding carboxylic acids is 10. The summed E-state index contributed by atoms with van der Waals surface area (Å²) in [5, 5.41) is 107. The molecule has 37 nitrogen and oxygen atoms in total. The van der Waals surface area contributed by atoms with Crippen molar-refractivity contribution in [2.24, 2.45) is 5.92 Å². The molecule has 0 aromatic carbocycles. The van der Waals surface area contributed by atoms with Crippen LogP contribution in [0.25, 0.3) is 0 Å². The normalized spacial score (nSPS) is 24.5. The van der Waals surface area contributed by atoms with Crippen molar-refractivity contribution >= 4 is 66.2 Å². The Morgan fingerprint density at radius 3 is 1.13 bits per heavy atom. The second-order valence-corrected chi connectivity index (χ2v) is 33.0. The predicted molar refractivity (Wildman–Crippen MR) is 417 cm³/mol. The SMILES string of the molecule is CC(=O)NC1C(OCCCCC(=O)NCCCNC(=O)CCOCC(COCCC(=O)CCCCCC(=O)CCCCO[C@@H]2OC(CO)[C@H](O)[C@H](O)C2C)(COCCC(=O)CCCCCC(=O)CCCCO[C@@H]2OC(CO)[C@H](O)[C@H](O)C2NC(C)=O)NC(=O)CCCC(=O)NCCCCCCOP(=O)(O)C(C)C)OC(CO)C(O)C1O. The first-order valence-corrected chi connectivity index (χ1v) is 43.2. The van der Waals surface area contributed by atoms with Gasteiger partial charge in [-0.25, -0.2) is 0 Å². The van der Waals surface area contributed by atoms with Gasteiger partial charge in [-0.05, 0) is 89.9 Å². The Bertz CT molecular complexity index is 2790. The van der Waals surface area contributed by atoms with Gasteiger partial charge in [0.2, 0.25) is 35.4 Å². The molecule has 38 heteroatoms. The van der Waals surface area contributed by atoms with E-state index in [1.54, 1.807) is 20.8 Å². The van der Waals surface area contributed by atoms with E-state index in [0.717, 1.165) is 12.8 Å². The highest BCUT2D eigenvalue weighted by Crippen LogP contribution is 2.47. The number of hydrogen-bond donors (Lipinski definition) is 16. The number of hydrogen-bond acceptors (Lipinski definition) is 30. The van der Waals surface area contributed by atoms with E-state index in [1.807, 2.05) is 0 Å². The van der Waals surface area contributed by atoms with E-state index in [4.69, 9.17) is 47.2 Å². The molecule has 16 N–H and O–H groups in total. The zero-order chi connectivity index (χ0) is 85.9. The number of amides is 6. The summed E-state index contributed by atoms with van der Waals surface area (Å²) in [4.78, 5) is 138. The minimum absolute atomic E-state index is 0.00525.